The second-order valence-electron chi connectivity index (χ2n) is 7.12. The summed E-state index contributed by atoms with van der Waals surface area (Å²) < 4.78 is 28.6. The van der Waals surface area contributed by atoms with Crippen LogP contribution in [0.2, 0.25) is 5.02 Å². The molecule has 2 heterocycles. The van der Waals surface area contributed by atoms with Gasteiger partial charge < -0.3 is 0 Å². The van der Waals surface area contributed by atoms with Crippen LogP contribution >= 0.6 is 11.6 Å². The van der Waals surface area contributed by atoms with E-state index in [-0.39, 0.29) is 22.8 Å². The highest BCUT2D eigenvalue weighted by Gasteiger charge is 2.32. The molecule has 0 N–H and O–H groups in total. The molecule has 2 aromatic rings. The summed E-state index contributed by atoms with van der Waals surface area (Å²) in [4.78, 5) is 17.7. The van der Waals surface area contributed by atoms with Gasteiger partial charge in [0.2, 0.25) is 15.9 Å². The predicted molar refractivity (Wildman–Crippen MR) is 109 cm³/mol. The summed E-state index contributed by atoms with van der Waals surface area (Å²) in [7, 11) is -3.58. The minimum absolute atomic E-state index is 0.0384. The molecule has 0 aliphatic carbocycles. The fourth-order valence-corrected chi connectivity index (χ4v) is 4.88. The maximum atomic E-state index is 13.0. The first-order chi connectivity index (χ1) is 13.3. The van der Waals surface area contributed by atoms with E-state index >= 15 is 0 Å². The van der Waals surface area contributed by atoms with Crippen LogP contribution in [-0.4, -0.2) is 42.3 Å². The number of hydrogen-bond acceptors (Lipinski definition) is 4. The molecule has 0 atom stereocenters. The number of aromatic nitrogens is 1. The molecule has 1 aromatic carbocycles. The van der Waals surface area contributed by atoms with Gasteiger partial charge in [-0.3, -0.25) is 14.4 Å². The van der Waals surface area contributed by atoms with E-state index in [4.69, 9.17) is 11.6 Å². The number of sulfonamides is 1. The van der Waals surface area contributed by atoms with Crippen molar-refractivity contribution in [3.05, 3.63) is 59.2 Å². The minimum atomic E-state index is -3.58. The summed E-state index contributed by atoms with van der Waals surface area (Å²) in [6.07, 6.45) is 2.68. The number of nitrogens with zero attached hydrogens (tertiary/aromatic N) is 3. The molecule has 8 heteroatoms. The standard InChI is InChI=1S/C20H24ClN3O3S/c1-15(2)22-19-5-3-4-12-24(19)20(25)16-10-13-23(14-11-16)28(26,27)18-8-6-17(21)7-9-18/h3-9,12,15-16H,10-11,13-14H2,1-2H3. The Hall–Kier alpha value is -1.96. The third-order valence-corrected chi connectivity index (χ3v) is 6.89. The van der Waals surface area contributed by atoms with Gasteiger partial charge in [-0.05, 0) is 63.1 Å². The number of benzene rings is 1. The van der Waals surface area contributed by atoms with E-state index in [9.17, 15) is 13.2 Å². The Balaban J connectivity index is 1.74. The van der Waals surface area contributed by atoms with Crippen molar-refractivity contribution in [3.63, 3.8) is 0 Å². The lowest BCUT2D eigenvalue weighted by Gasteiger charge is -2.30. The Bertz CT molecular complexity index is 1010. The van der Waals surface area contributed by atoms with Crippen molar-refractivity contribution in [2.75, 3.05) is 13.1 Å². The molecule has 0 saturated carbocycles. The number of hydrogen-bond donors (Lipinski definition) is 0. The molecule has 150 valence electrons. The van der Waals surface area contributed by atoms with Crippen LogP contribution in [0.15, 0.2) is 58.5 Å². The fraction of sp³-hybridized carbons (Fsp3) is 0.400. The van der Waals surface area contributed by atoms with Crippen LogP contribution in [0.25, 0.3) is 0 Å². The number of pyridine rings is 1. The molecule has 6 nitrogen and oxygen atoms in total. The summed E-state index contributed by atoms with van der Waals surface area (Å²) >= 11 is 5.85. The summed E-state index contributed by atoms with van der Waals surface area (Å²) in [6.45, 7) is 4.54. The Morgan fingerprint density at radius 2 is 1.75 bits per heavy atom. The number of carbonyl (C=O) groups excluding carboxylic acids is 1. The Kier molecular flexibility index (Phi) is 6.37. The van der Waals surface area contributed by atoms with Gasteiger partial charge in [-0.15, -0.1) is 0 Å². The van der Waals surface area contributed by atoms with Gasteiger partial charge in [0, 0.05) is 36.3 Å². The van der Waals surface area contributed by atoms with Gasteiger partial charge in [-0.1, -0.05) is 17.7 Å². The van der Waals surface area contributed by atoms with Crippen LogP contribution < -0.4 is 5.49 Å². The Morgan fingerprint density at radius 1 is 1.11 bits per heavy atom. The van der Waals surface area contributed by atoms with Gasteiger partial charge in [0.25, 0.3) is 0 Å². The van der Waals surface area contributed by atoms with Crippen LogP contribution in [0.5, 0.6) is 0 Å². The third-order valence-electron chi connectivity index (χ3n) is 4.72. The molecule has 0 unspecified atom stereocenters. The lowest BCUT2D eigenvalue weighted by atomic mass is 9.97. The molecule has 0 spiro atoms. The van der Waals surface area contributed by atoms with E-state index in [1.165, 1.54) is 16.4 Å². The summed E-state index contributed by atoms with van der Waals surface area (Å²) in [5.41, 5.74) is 0.624. The molecule has 28 heavy (non-hydrogen) atoms. The second-order valence-corrected chi connectivity index (χ2v) is 9.50. The minimum Gasteiger partial charge on any atom is -0.274 e. The van der Waals surface area contributed by atoms with E-state index in [0.717, 1.165) is 0 Å². The fourth-order valence-electron chi connectivity index (χ4n) is 3.29. The van der Waals surface area contributed by atoms with Gasteiger partial charge in [-0.2, -0.15) is 4.31 Å². The maximum Gasteiger partial charge on any atom is 0.243 e. The van der Waals surface area contributed by atoms with Crippen molar-refractivity contribution >= 4 is 27.5 Å². The van der Waals surface area contributed by atoms with Crippen molar-refractivity contribution in [2.24, 2.45) is 10.9 Å². The highest BCUT2D eigenvalue weighted by Crippen LogP contribution is 2.25. The molecule has 0 radical (unpaired) electrons. The van der Waals surface area contributed by atoms with Crippen LogP contribution in [-0.2, 0) is 10.0 Å². The molecule has 1 aliphatic heterocycles. The SMILES string of the molecule is CC(C)N=c1ccccn1C(=O)C1CCN(S(=O)(=O)c2ccc(Cl)cc2)CC1. The predicted octanol–water partition coefficient (Wildman–Crippen LogP) is 3.19. The first kappa shape index (κ1) is 20.8. The highest BCUT2D eigenvalue weighted by molar-refractivity contribution is 7.89. The molecule has 3 rings (SSSR count). The van der Waals surface area contributed by atoms with Crippen molar-refractivity contribution in [3.8, 4) is 0 Å². The zero-order chi connectivity index (χ0) is 20.3. The number of rotatable bonds is 4. The summed E-state index contributed by atoms with van der Waals surface area (Å²) in [5.74, 6) is -0.270. The Labute approximate surface area is 170 Å². The molecule has 0 bridgehead atoms. The smallest absolute Gasteiger partial charge is 0.243 e. The topological polar surface area (TPSA) is 71.7 Å². The Morgan fingerprint density at radius 3 is 2.36 bits per heavy atom. The van der Waals surface area contributed by atoms with E-state index in [0.29, 0.717) is 36.4 Å². The van der Waals surface area contributed by atoms with Crippen LogP contribution in [0.3, 0.4) is 0 Å². The maximum absolute atomic E-state index is 13.0. The van der Waals surface area contributed by atoms with Crippen LogP contribution in [0.1, 0.15) is 31.5 Å². The number of halogens is 1. The number of carbonyl (C=O) groups is 1. The quantitative estimate of drug-likeness (QED) is 0.761. The molecule has 1 fully saturated rings. The zero-order valence-corrected chi connectivity index (χ0v) is 17.5. The van der Waals surface area contributed by atoms with Gasteiger partial charge in [-0.25, -0.2) is 8.42 Å². The van der Waals surface area contributed by atoms with Crippen molar-refractivity contribution < 1.29 is 13.2 Å². The van der Waals surface area contributed by atoms with E-state index in [1.807, 2.05) is 26.0 Å². The van der Waals surface area contributed by atoms with Crippen LogP contribution in [0.4, 0.5) is 0 Å². The van der Waals surface area contributed by atoms with E-state index in [1.54, 1.807) is 29.0 Å². The third kappa shape index (κ3) is 4.54. The van der Waals surface area contributed by atoms with Crippen molar-refractivity contribution in [1.29, 1.82) is 0 Å². The number of piperidine rings is 1. The normalized spacial score (nSPS) is 17.2. The van der Waals surface area contributed by atoms with E-state index in [2.05, 4.69) is 4.99 Å². The molecular weight excluding hydrogens is 398 g/mol. The lowest BCUT2D eigenvalue weighted by molar-refractivity contribution is 0.0781. The van der Waals surface area contributed by atoms with Gasteiger partial charge in [0.15, 0.2) is 0 Å². The largest absolute Gasteiger partial charge is 0.274 e. The van der Waals surface area contributed by atoms with Crippen molar-refractivity contribution in [1.82, 2.24) is 8.87 Å². The van der Waals surface area contributed by atoms with Gasteiger partial charge in [0.05, 0.1) is 4.90 Å². The first-order valence-corrected chi connectivity index (χ1v) is 11.1. The molecular formula is C20H24ClN3O3S. The average molecular weight is 422 g/mol. The zero-order valence-electron chi connectivity index (χ0n) is 16.0. The van der Waals surface area contributed by atoms with E-state index < -0.39 is 10.0 Å². The molecule has 1 saturated heterocycles. The lowest BCUT2D eigenvalue weighted by Crippen LogP contribution is -2.42. The first-order valence-electron chi connectivity index (χ1n) is 9.30. The molecule has 1 aromatic heterocycles. The van der Waals surface area contributed by atoms with Gasteiger partial charge >= 0.3 is 0 Å². The summed E-state index contributed by atoms with van der Waals surface area (Å²) in [6, 6.07) is 11.7. The monoisotopic (exact) mass is 421 g/mol. The van der Waals surface area contributed by atoms with Crippen LogP contribution in [0, 0.1) is 5.92 Å². The molecule has 1 aliphatic rings. The summed E-state index contributed by atoms with van der Waals surface area (Å²) in [5, 5.41) is 0.491. The molecule has 0 amide bonds. The van der Waals surface area contributed by atoms with Crippen molar-refractivity contribution in [2.45, 2.75) is 37.6 Å². The van der Waals surface area contributed by atoms with Gasteiger partial charge in [0.1, 0.15) is 5.49 Å². The average Bonchev–Trinajstić information content (AvgIpc) is 2.68. The highest BCUT2D eigenvalue weighted by atomic mass is 35.5. The second kappa shape index (κ2) is 8.59.